The molecule has 2 aliphatic heterocycles. The summed E-state index contributed by atoms with van der Waals surface area (Å²) in [6, 6.07) is 52.1. The van der Waals surface area contributed by atoms with Crippen molar-refractivity contribution < 1.29 is 0 Å². The molecule has 0 unspecified atom stereocenters. The van der Waals surface area contributed by atoms with E-state index in [1.807, 2.05) is 0 Å². The first-order chi connectivity index (χ1) is 19.8. The van der Waals surface area contributed by atoms with Gasteiger partial charge in [0.05, 0.1) is 10.9 Å². The van der Waals surface area contributed by atoms with Crippen LogP contribution in [0.4, 0.5) is 0 Å². The molecule has 0 fully saturated rings. The Morgan fingerprint density at radius 2 is 1.07 bits per heavy atom. The quantitative estimate of drug-likeness (QED) is 0.232. The molecule has 0 N–H and O–H groups in total. The molecule has 3 heterocycles. The first-order valence-corrected chi connectivity index (χ1v) is 14.2. The smallest absolute Gasteiger partial charge is 0.247 e. The Labute approximate surface area is 234 Å². The summed E-state index contributed by atoms with van der Waals surface area (Å²) in [5.41, 5.74) is 14.4. The summed E-state index contributed by atoms with van der Waals surface area (Å²) in [5, 5.41) is 2.67. The van der Waals surface area contributed by atoms with E-state index in [4.69, 9.17) is 0 Å². The molecule has 0 radical (unpaired) electrons. The molecule has 0 bridgehead atoms. The van der Waals surface area contributed by atoms with E-state index in [1.54, 1.807) is 0 Å². The van der Waals surface area contributed by atoms with Crippen molar-refractivity contribution in [1.82, 2.24) is 4.57 Å². The van der Waals surface area contributed by atoms with Gasteiger partial charge in [0.25, 0.3) is 0 Å². The highest BCUT2D eigenvalue weighted by atomic mass is 15.0. The Morgan fingerprint density at radius 3 is 1.82 bits per heavy atom. The van der Waals surface area contributed by atoms with Crippen LogP contribution in [-0.2, 0) is 5.41 Å². The summed E-state index contributed by atoms with van der Waals surface area (Å²) in [7, 11) is 0. The monoisotopic (exact) mass is 507 g/mol. The minimum Gasteiger partial charge on any atom is -0.310 e. The lowest BCUT2D eigenvalue weighted by molar-refractivity contribution is 0.750. The molecular weight excluding hydrogens is 481 g/mol. The molecule has 40 heavy (non-hydrogen) atoms. The summed E-state index contributed by atoms with van der Waals surface area (Å²) in [6.45, 7) is 2.42. The van der Waals surface area contributed by atoms with E-state index in [1.165, 1.54) is 71.7 Å². The van der Waals surface area contributed by atoms with Crippen molar-refractivity contribution in [1.29, 1.82) is 0 Å². The molecule has 0 saturated carbocycles. The lowest BCUT2D eigenvalue weighted by Crippen LogP contribution is -2.64. The average molecular weight is 507 g/mol. The average Bonchev–Trinajstić information content (AvgIpc) is 3.37. The molecule has 0 saturated heterocycles. The molecule has 9 rings (SSSR count). The highest BCUT2D eigenvalue weighted by molar-refractivity contribution is 6.99. The molecule has 0 amide bonds. The Kier molecular flexibility index (Phi) is 4.34. The van der Waals surface area contributed by atoms with Gasteiger partial charge in [-0.1, -0.05) is 139 Å². The van der Waals surface area contributed by atoms with Gasteiger partial charge in [-0.2, -0.15) is 0 Å². The maximum absolute atomic E-state index is 2.57. The minimum atomic E-state index is -0.426. The normalized spacial score (nSPS) is 14.3. The van der Waals surface area contributed by atoms with Crippen molar-refractivity contribution in [2.24, 2.45) is 0 Å². The van der Waals surface area contributed by atoms with Crippen molar-refractivity contribution in [3.63, 3.8) is 0 Å². The van der Waals surface area contributed by atoms with Gasteiger partial charge in [-0.3, -0.25) is 0 Å². The molecule has 0 aliphatic carbocycles. The zero-order valence-corrected chi connectivity index (χ0v) is 22.3. The van der Waals surface area contributed by atoms with Gasteiger partial charge in [0.2, 0.25) is 6.71 Å². The van der Waals surface area contributed by atoms with E-state index >= 15 is 0 Å². The first-order valence-electron chi connectivity index (χ1n) is 14.2. The summed E-state index contributed by atoms with van der Waals surface area (Å²) in [6.07, 6.45) is 0. The van der Waals surface area contributed by atoms with E-state index in [0.29, 0.717) is 0 Å². The lowest BCUT2D eigenvalue weighted by Gasteiger charge is -2.46. The fourth-order valence-electron chi connectivity index (χ4n) is 8.04. The zero-order chi connectivity index (χ0) is 26.4. The largest absolute Gasteiger partial charge is 0.310 e. The molecule has 0 spiro atoms. The highest BCUT2D eigenvalue weighted by Crippen LogP contribution is 2.47. The fraction of sp³-hybridized carbons (Fsp3) is 0.0526. The van der Waals surface area contributed by atoms with Gasteiger partial charge in [-0.15, -0.1) is 0 Å². The predicted octanol–water partition coefficient (Wildman–Crippen LogP) is 6.62. The third-order valence-corrected chi connectivity index (χ3v) is 9.46. The Bertz CT molecular complexity index is 2080. The number of nitrogens with zero attached hydrogens (tertiary/aromatic N) is 1. The van der Waals surface area contributed by atoms with E-state index in [-0.39, 0.29) is 6.71 Å². The van der Waals surface area contributed by atoms with Crippen LogP contribution in [0, 0.1) is 6.92 Å². The molecule has 1 aromatic heterocycles. The van der Waals surface area contributed by atoms with E-state index in [0.717, 1.165) is 0 Å². The molecule has 2 aliphatic rings. The molecule has 2 heteroatoms. The fourth-order valence-corrected chi connectivity index (χ4v) is 8.04. The van der Waals surface area contributed by atoms with Gasteiger partial charge in [-0.05, 0) is 51.7 Å². The third-order valence-electron chi connectivity index (χ3n) is 9.46. The number of para-hydroxylation sites is 2. The molecule has 186 valence electrons. The van der Waals surface area contributed by atoms with Crippen molar-refractivity contribution in [3.05, 3.63) is 167 Å². The predicted molar refractivity (Wildman–Crippen MR) is 168 cm³/mol. The van der Waals surface area contributed by atoms with Crippen molar-refractivity contribution >= 4 is 44.9 Å². The van der Waals surface area contributed by atoms with E-state index < -0.39 is 5.41 Å². The van der Waals surface area contributed by atoms with Gasteiger partial charge in [-0.25, -0.2) is 0 Å². The number of fused-ring (bicyclic) bond motifs is 7. The Balaban J connectivity index is 1.54. The van der Waals surface area contributed by atoms with Crippen LogP contribution in [0.5, 0.6) is 0 Å². The van der Waals surface area contributed by atoms with E-state index in [9.17, 15) is 0 Å². The summed E-state index contributed by atoms with van der Waals surface area (Å²) in [4.78, 5) is 0. The van der Waals surface area contributed by atoms with Crippen LogP contribution < -0.4 is 16.4 Å². The van der Waals surface area contributed by atoms with Crippen LogP contribution in [-0.4, -0.2) is 11.3 Å². The lowest BCUT2D eigenvalue weighted by atomic mass is 9.29. The minimum absolute atomic E-state index is 0.170. The molecule has 6 aromatic carbocycles. The zero-order valence-electron chi connectivity index (χ0n) is 22.3. The van der Waals surface area contributed by atoms with Crippen LogP contribution in [0.3, 0.4) is 0 Å². The van der Waals surface area contributed by atoms with Crippen molar-refractivity contribution in [3.8, 4) is 5.69 Å². The maximum atomic E-state index is 2.57. The summed E-state index contributed by atoms with van der Waals surface area (Å²) >= 11 is 0. The van der Waals surface area contributed by atoms with Crippen LogP contribution in [0.1, 0.15) is 27.8 Å². The number of aromatic nitrogens is 1. The van der Waals surface area contributed by atoms with Crippen LogP contribution in [0.2, 0.25) is 0 Å². The number of benzene rings is 6. The second kappa shape index (κ2) is 7.86. The molecule has 7 aromatic rings. The van der Waals surface area contributed by atoms with Gasteiger partial charge in [0.15, 0.2) is 0 Å². The first kappa shape index (κ1) is 22.0. The molecule has 0 atom stereocenters. The van der Waals surface area contributed by atoms with Crippen LogP contribution >= 0.6 is 0 Å². The second-order valence-corrected chi connectivity index (χ2v) is 11.3. The summed E-state index contributed by atoms with van der Waals surface area (Å²) < 4.78 is 2.57. The topological polar surface area (TPSA) is 4.93 Å². The number of hydrogen-bond donors (Lipinski definition) is 0. The highest BCUT2D eigenvalue weighted by Gasteiger charge is 2.50. The molecular formula is C38H26BN. The standard InChI is InChI=1S/C38H26BN/c1-25-13-10-18-28-29-19-11-23-33-37(29)40(36(25)28)34-24-12-21-31-35(34)39(33)32-22-9-8-20-30(32)38(31,26-14-4-2-5-15-26)27-16-6-3-7-17-27/h2-24H,1H3. The summed E-state index contributed by atoms with van der Waals surface area (Å²) in [5.74, 6) is 0. The maximum Gasteiger partial charge on any atom is 0.247 e. The number of hydrogen-bond acceptors (Lipinski definition) is 0. The van der Waals surface area contributed by atoms with Crippen molar-refractivity contribution in [2.45, 2.75) is 12.3 Å². The number of aryl methyl sites for hydroxylation is 1. The Hall–Kier alpha value is -4.82. The van der Waals surface area contributed by atoms with E-state index in [2.05, 4.69) is 151 Å². The Morgan fingerprint density at radius 1 is 0.500 bits per heavy atom. The SMILES string of the molecule is Cc1cccc2c3cccc4c3n(c12)-c1cccc2c1B4c1ccccc1C2(c1ccccc1)c1ccccc1. The van der Waals surface area contributed by atoms with Gasteiger partial charge in [0, 0.05) is 22.0 Å². The van der Waals surface area contributed by atoms with Gasteiger partial charge >= 0.3 is 0 Å². The second-order valence-electron chi connectivity index (χ2n) is 11.3. The molecule has 1 nitrogen and oxygen atoms in total. The third kappa shape index (κ3) is 2.55. The van der Waals surface area contributed by atoms with Crippen LogP contribution in [0.25, 0.3) is 27.5 Å². The van der Waals surface area contributed by atoms with Crippen molar-refractivity contribution in [2.75, 3.05) is 0 Å². The van der Waals surface area contributed by atoms with Gasteiger partial charge < -0.3 is 4.57 Å². The van der Waals surface area contributed by atoms with Gasteiger partial charge in [0.1, 0.15) is 0 Å². The number of rotatable bonds is 2. The van der Waals surface area contributed by atoms with Crippen LogP contribution in [0.15, 0.2) is 140 Å².